The van der Waals surface area contributed by atoms with Gasteiger partial charge in [-0.05, 0) is 19.1 Å². The van der Waals surface area contributed by atoms with Gasteiger partial charge in [0.2, 0.25) is 5.01 Å². The number of benzene rings is 1. The predicted octanol–water partition coefficient (Wildman–Crippen LogP) is 2.38. The molecule has 1 N–H and O–H groups in total. The molecule has 0 radical (unpaired) electrons. The van der Waals surface area contributed by atoms with Gasteiger partial charge in [-0.25, -0.2) is 0 Å². The summed E-state index contributed by atoms with van der Waals surface area (Å²) in [5, 5.41) is 20.8. The lowest BCUT2D eigenvalue weighted by Gasteiger charge is -2.01. The lowest BCUT2D eigenvalue weighted by atomic mass is 10.3. The number of Topliss-reactive ketones (excluding diaryl/α,β-unsaturated/α-hetero) is 1. The van der Waals surface area contributed by atoms with Gasteiger partial charge in [0.1, 0.15) is 5.78 Å². The summed E-state index contributed by atoms with van der Waals surface area (Å²) in [4.78, 5) is 32.9. The Labute approximate surface area is 133 Å². The largest absolute Gasteiger partial charge is 0.320 e. The molecule has 0 saturated carbocycles. The molecule has 2 aromatic rings. The summed E-state index contributed by atoms with van der Waals surface area (Å²) in [6, 6.07) is 5.46. The number of hydrogen-bond donors (Lipinski definition) is 1. The number of carbonyl (C=O) groups excluding carboxylic acids is 2. The van der Waals surface area contributed by atoms with E-state index in [1.54, 1.807) is 0 Å². The van der Waals surface area contributed by atoms with Gasteiger partial charge in [-0.2, -0.15) is 0 Å². The van der Waals surface area contributed by atoms with Crippen LogP contribution in [0.3, 0.4) is 0 Å². The molecule has 0 atom stereocenters. The third-order valence-electron chi connectivity index (χ3n) is 2.34. The van der Waals surface area contributed by atoms with Crippen molar-refractivity contribution in [3.8, 4) is 0 Å². The molecular formula is C12H10N4O4S2. The zero-order valence-electron chi connectivity index (χ0n) is 11.3. The van der Waals surface area contributed by atoms with Gasteiger partial charge in [-0.1, -0.05) is 23.1 Å². The third-order valence-corrected chi connectivity index (χ3v) is 4.54. The fourth-order valence-electron chi connectivity index (χ4n) is 1.37. The third kappa shape index (κ3) is 4.33. The smallest absolute Gasteiger partial charge is 0.286 e. The molecule has 0 aliphatic heterocycles. The van der Waals surface area contributed by atoms with Crippen LogP contribution in [0.2, 0.25) is 0 Å². The molecule has 0 aliphatic rings. The molecule has 22 heavy (non-hydrogen) atoms. The summed E-state index contributed by atoms with van der Waals surface area (Å²) in [5.74, 6) is -0.170. The van der Waals surface area contributed by atoms with E-state index in [0.717, 1.165) is 11.3 Å². The van der Waals surface area contributed by atoms with E-state index in [1.165, 1.54) is 43.0 Å². The molecule has 0 spiro atoms. The van der Waals surface area contributed by atoms with E-state index in [4.69, 9.17) is 0 Å². The molecular weight excluding hydrogens is 328 g/mol. The molecule has 0 fully saturated rings. The Morgan fingerprint density at radius 2 is 2.00 bits per heavy atom. The number of anilines is 1. The first kappa shape index (κ1) is 16.0. The number of hydrogen-bond acceptors (Lipinski definition) is 8. The van der Waals surface area contributed by atoms with Crippen LogP contribution in [0.1, 0.15) is 16.7 Å². The molecule has 114 valence electrons. The number of rotatable bonds is 6. The highest BCUT2D eigenvalue weighted by Crippen LogP contribution is 2.23. The highest BCUT2D eigenvalue weighted by molar-refractivity contribution is 8.01. The minimum Gasteiger partial charge on any atom is -0.320 e. The Hall–Kier alpha value is -2.33. The van der Waals surface area contributed by atoms with Crippen LogP contribution >= 0.6 is 23.1 Å². The first-order valence-electron chi connectivity index (χ1n) is 5.97. The Balaban J connectivity index is 1.99. The molecule has 0 unspecified atom stereocenters. The van der Waals surface area contributed by atoms with Crippen LogP contribution in [-0.2, 0) is 4.79 Å². The number of nitrogens with zero attached hydrogens (tertiary/aromatic N) is 3. The van der Waals surface area contributed by atoms with Crippen LogP contribution in [0, 0.1) is 10.1 Å². The first-order chi connectivity index (χ1) is 10.5. The van der Waals surface area contributed by atoms with Crippen molar-refractivity contribution < 1.29 is 14.5 Å². The summed E-state index contributed by atoms with van der Waals surface area (Å²) in [6.07, 6.45) is 0. The average molecular weight is 338 g/mol. The molecule has 2 rings (SSSR count). The van der Waals surface area contributed by atoms with Gasteiger partial charge in [0.05, 0.1) is 10.7 Å². The summed E-state index contributed by atoms with van der Waals surface area (Å²) in [6.45, 7) is 1.47. The second-order valence-corrected chi connectivity index (χ2v) is 6.32. The van der Waals surface area contributed by atoms with Crippen molar-refractivity contribution in [2.45, 2.75) is 11.3 Å². The first-order valence-corrected chi connectivity index (χ1v) is 7.77. The maximum absolute atomic E-state index is 12.0. The highest BCUT2D eigenvalue weighted by atomic mass is 32.2. The zero-order chi connectivity index (χ0) is 16.1. The lowest BCUT2D eigenvalue weighted by molar-refractivity contribution is -0.384. The molecule has 0 saturated heterocycles. The number of ketones is 1. The van der Waals surface area contributed by atoms with Crippen molar-refractivity contribution >= 4 is 46.2 Å². The van der Waals surface area contributed by atoms with Crippen molar-refractivity contribution in [3.63, 3.8) is 0 Å². The van der Waals surface area contributed by atoms with Gasteiger partial charge in [-0.3, -0.25) is 19.7 Å². The van der Waals surface area contributed by atoms with Crippen LogP contribution in [-0.4, -0.2) is 32.6 Å². The maximum Gasteiger partial charge on any atom is 0.286 e. The number of aromatic nitrogens is 2. The number of non-ortho nitro benzene ring substituents is 1. The van der Waals surface area contributed by atoms with E-state index in [2.05, 4.69) is 15.5 Å². The second kappa shape index (κ2) is 7.09. The molecule has 1 aromatic heterocycles. The molecule has 1 heterocycles. The number of nitro groups is 1. The van der Waals surface area contributed by atoms with E-state index >= 15 is 0 Å². The van der Waals surface area contributed by atoms with Gasteiger partial charge < -0.3 is 5.32 Å². The average Bonchev–Trinajstić information content (AvgIpc) is 2.94. The van der Waals surface area contributed by atoms with Gasteiger partial charge in [0, 0.05) is 17.8 Å². The fourth-order valence-corrected chi connectivity index (χ4v) is 2.92. The number of nitrogens with one attached hydrogen (secondary N) is 1. The van der Waals surface area contributed by atoms with Gasteiger partial charge in [-0.15, -0.1) is 10.2 Å². The highest BCUT2D eigenvalue weighted by Gasteiger charge is 2.14. The molecule has 10 heteroatoms. The minimum absolute atomic E-state index is 0.0112. The summed E-state index contributed by atoms with van der Waals surface area (Å²) < 4.78 is 0.532. The summed E-state index contributed by atoms with van der Waals surface area (Å²) >= 11 is 2.30. The molecule has 0 bridgehead atoms. The minimum atomic E-state index is -0.519. The molecule has 0 aliphatic carbocycles. The Morgan fingerprint density at radius 3 is 2.59 bits per heavy atom. The fraction of sp³-hybridized carbons (Fsp3) is 0.167. The molecule has 1 aromatic carbocycles. The zero-order valence-corrected chi connectivity index (χ0v) is 12.9. The Morgan fingerprint density at radius 1 is 1.32 bits per heavy atom. The number of amides is 1. The second-order valence-electron chi connectivity index (χ2n) is 4.12. The van der Waals surface area contributed by atoms with E-state index in [0.29, 0.717) is 10.0 Å². The number of nitro benzene ring substituents is 1. The standard InChI is InChI=1S/C12H10N4O4S2/c1-7(17)6-21-12-15-14-11(22-12)10(18)13-8-2-4-9(5-3-8)16(19)20/h2-5H,6H2,1H3,(H,13,18). The van der Waals surface area contributed by atoms with E-state index < -0.39 is 10.8 Å². The van der Waals surface area contributed by atoms with Gasteiger partial charge >= 0.3 is 0 Å². The topological polar surface area (TPSA) is 115 Å². The summed E-state index contributed by atoms with van der Waals surface area (Å²) in [7, 11) is 0. The van der Waals surface area contributed by atoms with Crippen LogP contribution in [0.5, 0.6) is 0 Å². The normalized spacial score (nSPS) is 10.2. The Kier molecular flexibility index (Phi) is 5.17. The SMILES string of the molecule is CC(=O)CSc1nnc(C(=O)Nc2ccc([N+](=O)[O-])cc2)s1. The van der Waals surface area contributed by atoms with Crippen LogP contribution in [0.4, 0.5) is 11.4 Å². The Bertz CT molecular complexity index is 714. The van der Waals surface area contributed by atoms with Gasteiger partial charge in [0.25, 0.3) is 11.6 Å². The molecule has 8 nitrogen and oxygen atoms in total. The van der Waals surface area contributed by atoms with Crippen LogP contribution in [0.25, 0.3) is 0 Å². The van der Waals surface area contributed by atoms with Crippen LogP contribution < -0.4 is 5.32 Å². The van der Waals surface area contributed by atoms with Crippen molar-refractivity contribution in [1.29, 1.82) is 0 Å². The monoisotopic (exact) mass is 338 g/mol. The summed E-state index contributed by atoms with van der Waals surface area (Å²) in [5.41, 5.74) is 0.362. The van der Waals surface area contributed by atoms with E-state index in [-0.39, 0.29) is 22.2 Å². The van der Waals surface area contributed by atoms with Crippen molar-refractivity contribution in [1.82, 2.24) is 10.2 Å². The lowest BCUT2D eigenvalue weighted by Crippen LogP contribution is -2.11. The van der Waals surface area contributed by atoms with E-state index in [1.807, 2.05) is 0 Å². The van der Waals surface area contributed by atoms with Crippen molar-refractivity contribution in [3.05, 3.63) is 39.4 Å². The maximum atomic E-state index is 12.0. The van der Waals surface area contributed by atoms with Crippen molar-refractivity contribution in [2.75, 3.05) is 11.1 Å². The number of thioether (sulfide) groups is 1. The van der Waals surface area contributed by atoms with Crippen LogP contribution in [0.15, 0.2) is 28.6 Å². The van der Waals surface area contributed by atoms with E-state index in [9.17, 15) is 19.7 Å². The predicted molar refractivity (Wildman–Crippen MR) is 82.4 cm³/mol. The van der Waals surface area contributed by atoms with Crippen molar-refractivity contribution in [2.24, 2.45) is 0 Å². The quantitative estimate of drug-likeness (QED) is 0.488. The van der Waals surface area contributed by atoms with Gasteiger partial charge in [0.15, 0.2) is 4.34 Å². The number of carbonyl (C=O) groups is 2. The molecule has 1 amide bonds.